The smallest absolute Gasteiger partial charge is 0.108 e. The molecule has 8 aromatic heterocycles. The minimum Gasteiger partial charge on any atom is -0.305 e. The average Bonchev–Trinajstić information content (AvgIpc) is 1.59. The zero-order chi connectivity index (χ0) is 85.2. The van der Waals surface area contributed by atoms with E-state index >= 15 is 0 Å². The van der Waals surface area contributed by atoms with E-state index in [0.717, 1.165) is 95.3 Å². The number of hydrogen-bond acceptors (Lipinski definition) is 9. The van der Waals surface area contributed by atoms with Crippen molar-refractivity contribution in [2.75, 3.05) is 0 Å². The van der Waals surface area contributed by atoms with Crippen molar-refractivity contribution in [1.82, 2.24) is 39.9 Å². The molecule has 10 nitrogen and oxygen atoms in total. The number of aromatic nitrogens is 8. The van der Waals surface area contributed by atoms with Gasteiger partial charge in [0.05, 0.1) is 6.57 Å². The third-order valence-electron chi connectivity index (χ3n) is 19.7. The van der Waals surface area contributed by atoms with Crippen molar-refractivity contribution in [3.63, 3.8) is 0 Å². The van der Waals surface area contributed by atoms with Crippen molar-refractivity contribution >= 4 is 27.4 Å². The number of rotatable bonds is 9. The molecule has 21 rings (SSSR count). The molecular weight excluding hydrogens is 3050 g/mol. The first-order valence-corrected chi connectivity index (χ1v) is 39.9. The fourth-order valence-corrected chi connectivity index (χ4v) is 13.5. The third kappa shape index (κ3) is 30.8. The Morgan fingerprint density at radius 2 is 0.727 bits per heavy atom. The fourth-order valence-electron chi connectivity index (χ4n) is 13.5. The second-order valence-electron chi connectivity index (χ2n) is 28.2. The van der Waals surface area contributed by atoms with Crippen molar-refractivity contribution in [2.24, 2.45) is 0 Å². The van der Waals surface area contributed by atoms with E-state index in [-0.39, 0.29) is 172 Å². The van der Waals surface area contributed by atoms with Crippen molar-refractivity contribution in [3.05, 3.63) is 514 Å². The molecule has 20 aromatic rings. The molecule has 12 aromatic carbocycles. The Kier molecular flexibility index (Phi) is 47.7. The van der Waals surface area contributed by atoms with Crippen molar-refractivity contribution in [3.8, 4) is 118 Å². The van der Waals surface area contributed by atoms with Crippen LogP contribution in [0.4, 0.5) is 10.1 Å². The minimum atomic E-state index is -0.278. The van der Waals surface area contributed by atoms with Gasteiger partial charge in [0.2, 0.25) is 0 Å². The molecule has 0 saturated heterocycles. The number of nitriles is 1. The topological polar surface area (TPSA) is 131 Å². The first-order valence-electron chi connectivity index (χ1n) is 39.9. The van der Waals surface area contributed by atoms with Gasteiger partial charge < -0.3 is 39.9 Å². The van der Waals surface area contributed by atoms with Crippen LogP contribution >= 0.6 is 0 Å². The largest absolute Gasteiger partial charge is 0.305 e. The Balaban J connectivity index is 0.000000231. The molecule has 1 aliphatic rings. The van der Waals surface area contributed by atoms with Crippen molar-refractivity contribution in [2.45, 2.75) is 19.3 Å². The van der Waals surface area contributed by atoms with Crippen LogP contribution in [0.25, 0.3) is 139 Å². The normalized spacial score (nSPS) is 10.1. The van der Waals surface area contributed by atoms with Crippen LogP contribution in [0.1, 0.15) is 30.5 Å². The van der Waals surface area contributed by atoms with Crippen LogP contribution in [0.5, 0.6) is 0 Å². The predicted molar refractivity (Wildman–Crippen MR) is 497 cm³/mol. The van der Waals surface area contributed by atoms with E-state index in [0.29, 0.717) is 11.3 Å². The Hall–Kier alpha value is -11.5. The van der Waals surface area contributed by atoms with Gasteiger partial charge in [0, 0.05) is 222 Å². The van der Waals surface area contributed by atoms with E-state index in [1.807, 2.05) is 249 Å². The van der Waals surface area contributed by atoms with Crippen LogP contribution in [-0.2, 0) is 166 Å². The van der Waals surface area contributed by atoms with E-state index in [2.05, 4.69) is 216 Å². The molecular formula is C113H77FIr8N10-8. The molecule has 19 heteroatoms. The van der Waals surface area contributed by atoms with E-state index in [4.69, 9.17) is 11.8 Å². The summed E-state index contributed by atoms with van der Waals surface area (Å²) in [4.78, 5) is 37.8. The molecule has 0 fully saturated rings. The SMILES string of the molecule is CC1(C)c2ccc[c-]c2-c2ncccc21.Fc1c[c-]c(-c2ccccn2)cc1.N#Cc1c[c-]c(-c2ccccn2)cc1.[C-]#[N+]c1cc[c-]c(-c2ccccn2)c1.[Ir].[Ir].[Ir].[Ir].[Ir].[Ir].[Ir].[Ir].[c-]1cc(-c2ccccc2)ccc1-c1ccccn1.[c-]1ccc(-c2ccccc2)cc1-c1ccccn1.[c-]1cccc(-c2ccccc2)c1-c1ccccn1.[c-]1cccc2ccc3cccnc3c12. The quantitative estimate of drug-likeness (QED) is 0.102. The molecule has 0 aliphatic heterocycles. The van der Waals surface area contributed by atoms with Crippen LogP contribution < -0.4 is 0 Å². The molecule has 1 aliphatic carbocycles. The van der Waals surface area contributed by atoms with Crippen molar-refractivity contribution in [1.29, 1.82) is 5.26 Å². The van der Waals surface area contributed by atoms with E-state index in [1.54, 1.807) is 67.4 Å². The number of fused-ring (bicyclic) bond motifs is 6. The van der Waals surface area contributed by atoms with Crippen LogP contribution in [0.2, 0.25) is 0 Å². The number of pyridine rings is 8. The van der Waals surface area contributed by atoms with Crippen LogP contribution in [0, 0.1) is 72.3 Å². The zero-order valence-corrected chi connectivity index (χ0v) is 89.7. The molecule has 0 N–H and O–H groups in total. The zero-order valence-electron chi connectivity index (χ0n) is 70.5. The molecule has 0 saturated carbocycles. The van der Waals surface area contributed by atoms with Crippen LogP contribution in [0.3, 0.4) is 0 Å². The summed E-state index contributed by atoms with van der Waals surface area (Å²) >= 11 is 0. The minimum absolute atomic E-state index is 0. The van der Waals surface area contributed by atoms with Gasteiger partial charge in [-0.05, 0) is 116 Å². The maximum absolute atomic E-state index is 12.6. The Morgan fingerprint density at radius 1 is 0.303 bits per heavy atom. The number of benzene rings is 12. The van der Waals surface area contributed by atoms with Crippen LogP contribution in [0.15, 0.2) is 432 Å². The molecule has 0 amide bonds. The summed E-state index contributed by atoms with van der Waals surface area (Å²) in [5, 5.41) is 12.1. The molecule has 0 unspecified atom stereocenters. The Labute approximate surface area is 879 Å². The van der Waals surface area contributed by atoms with E-state index in [1.165, 1.54) is 61.8 Å². The third-order valence-corrected chi connectivity index (χ3v) is 19.7. The number of halogens is 1. The molecule has 0 bridgehead atoms. The van der Waals surface area contributed by atoms with Gasteiger partial charge in [-0.2, -0.15) is 6.07 Å². The van der Waals surface area contributed by atoms with Crippen molar-refractivity contribution < 1.29 is 165 Å². The van der Waals surface area contributed by atoms with Gasteiger partial charge in [0.25, 0.3) is 0 Å². The maximum atomic E-state index is 12.6. The standard InChI is InChI=1S/3C17H12N.C14H12N.C13H8N.2C12H7N2.C11H7FN.8Ir/c1-2-8-14(9-3-1)15-10-4-5-11-16(15)17-12-6-7-13-18-17;1-2-7-14(8-3-1)15-9-6-10-16(13-15)17-11-4-5-12-18-17;1-2-6-14(7-3-1)15-9-11-16(12-10-15)17-8-4-5-13-18-17;1-14(2)11-7-4-3-6-10(11)13-12(14)8-5-9-15-13;1-2-6-12-10(4-1)7-8-11-5-3-9-14-13(11)12;1-13-11-6-4-5-10(9-11)12-7-2-3-8-14-12;13-9-10-4-6-11(7-5-10)12-3-1-2-8-14-12;12-10-6-4-9(5-7-10)11-3-1-2-8-13-11;;;;;;;;/h1-10,12-13H;1-9,11-13H;1-11,13H;3-5,7-9H,1-2H3;1-5,7-9H;2-4,6-9H;1-6,8H;1-4,6-8H;;;;;;;;/q8*-1;;;;;;;;. The molecule has 0 atom stereocenters. The van der Waals surface area contributed by atoms with Gasteiger partial charge in [0.1, 0.15) is 5.69 Å². The fraction of sp³-hybridized carbons (Fsp3) is 0.0265. The van der Waals surface area contributed by atoms with Gasteiger partial charge in [-0.15, -0.1) is 249 Å². The summed E-state index contributed by atoms with van der Waals surface area (Å²) in [5.74, 6) is -0.278. The summed E-state index contributed by atoms with van der Waals surface area (Å²) in [7, 11) is 0. The van der Waals surface area contributed by atoms with Gasteiger partial charge in [0.15, 0.2) is 0 Å². The first kappa shape index (κ1) is 109. The molecule has 666 valence electrons. The summed E-state index contributed by atoms with van der Waals surface area (Å²) in [5.41, 5.74) is 25.4. The Bertz CT molecular complexity index is 6560. The second-order valence-corrected chi connectivity index (χ2v) is 28.2. The monoisotopic (exact) mass is 3140 g/mol. The van der Waals surface area contributed by atoms with Gasteiger partial charge >= 0.3 is 0 Å². The summed E-state index contributed by atoms with van der Waals surface area (Å²) in [6.07, 6.45) is 14.3. The van der Waals surface area contributed by atoms with Crippen LogP contribution in [-0.4, -0.2) is 39.9 Å². The number of nitrogens with zero attached hydrogens (tertiary/aromatic N) is 10. The van der Waals surface area contributed by atoms with Gasteiger partial charge in [-0.1, -0.05) is 230 Å². The van der Waals surface area contributed by atoms with Gasteiger partial charge in [-0.25, -0.2) is 5.26 Å². The van der Waals surface area contributed by atoms with E-state index < -0.39 is 0 Å². The number of hydrogen-bond donors (Lipinski definition) is 0. The van der Waals surface area contributed by atoms with Gasteiger partial charge in [-0.3, -0.25) is 9.24 Å². The predicted octanol–water partition coefficient (Wildman–Crippen LogP) is 27.2. The molecule has 8 heterocycles. The summed E-state index contributed by atoms with van der Waals surface area (Å²) in [6, 6.07) is 151. The maximum Gasteiger partial charge on any atom is 0.108 e. The summed E-state index contributed by atoms with van der Waals surface area (Å²) < 4.78 is 12.6. The summed E-state index contributed by atoms with van der Waals surface area (Å²) in [6.45, 7) is 11.4. The molecule has 0 spiro atoms. The second kappa shape index (κ2) is 57.7. The molecule has 8 radical (unpaired) electrons. The Morgan fingerprint density at radius 3 is 1.23 bits per heavy atom. The van der Waals surface area contributed by atoms with E-state index in [9.17, 15) is 4.39 Å². The molecule has 132 heavy (non-hydrogen) atoms. The first-order chi connectivity index (χ1) is 61.1. The average molecular weight is 3130 g/mol.